The number of hydrogen-bond donors (Lipinski definition) is 0. The first-order valence-corrected chi connectivity index (χ1v) is 14.5. The summed E-state index contributed by atoms with van der Waals surface area (Å²) >= 11 is 0.0287. The van der Waals surface area contributed by atoms with Crippen LogP contribution in [0.2, 0.25) is 0 Å². The molecular weight excluding hydrogens is 531 g/mol. The van der Waals surface area contributed by atoms with E-state index in [2.05, 4.69) is 74.5 Å². The lowest BCUT2D eigenvalue weighted by atomic mass is 9.83. The minimum absolute atomic E-state index is 0.00910. The Balaban J connectivity index is 0.000000242. The van der Waals surface area contributed by atoms with Gasteiger partial charge < -0.3 is 4.55 Å². The van der Waals surface area contributed by atoms with Gasteiger partial charge in [0.25, 0.3) is 0 Å². The van der Waals surface area contributed by atoms with Crippen molar-refractivity contribution in [2.45, 2.75) is 64.2 Å². The van der Waals surface area contributed by atoms with E-state index >= 15 is 0 Å². The summed E-state index contributed by atoms with van der Waals surface area (Å²) in [5, 5.41) is 0. The highest BCUT2D eigenvalue weighted by atomic mass is 127. The molecule has 0 amide bonds. The quantitative estimate of drug-likeness (QED) is 0.339. The Morgan fingerprint density at radius 3 is 1.41 bits per heavy atom. The smallest absolute Gasteiger partial charge is 0.357 e. The first-order chi connectivity index (χ1) is 15.0. The van der Waals surface area contributed by atoms with Crippen LogP contribution in [-0.4, -0.2) is 13.0 Å². The molecule has 32 heavy (non-hydrogen) atoms. The van der Waals surface area contributed by atoms with E-state index in [0.717, 1.165) is 11.1 Å². The van der Waals surface area contributed by atoms with Gasteiger partial charge in [0.15, 0.2) is 7.14 Å². The molecule has 3 rings (SSSR count). The zero-order valence-electron chi connectivity index (χ0n) is 19.7. The van der Waals surface area contributed by atoms with E-state index < -0.39 is 10.1 Å². The summed E-state index contributed by atoms with van der Waals surface area (Å²) in [6.07, 6.45) is 0. The average Bonchev–Trinajstić information content (AvgIpc) is 2.73. The number of rotatable bonds is 6. The fourth-order valence-electron chi connectivity index (χ4n) is 3.68. The Labute approximate surface area is 204 Å². The largest absolute Gasteiger partial charge is 0.744 e. The van der Waals surface area contributed by atoms with Crippen molar-refractivity contribution in [3.05, 3.63) is 96.6 Å². The molecule has 0 aliphatic heterocycles. The minimum Gasteiger partial charge on any atom is -0.744 e. The van der Waals surface area contributed by atoms with E-state index in [0.29, 0.717) is 11.5 Å². The van der Waals surface area contributed by atoms with E-state index in [1.807, 2.05) is 27.7 Å². The molecule has 0 aliphatic carbocycles. The third kappa shape index (κ3) is 7.42. The fourth-order valence-corrected chi connectivity index (χ4v) is 6.79. The summed E-state index contributed by atoms with van der Waals surface area (Å²) < 4.78 is 37.3. The summed E-state index contributed by atoms with van der Waals surface area (Å²) in [5.74, 6) is 0.504. The zero-order chi connectivity index (χ0) is 23.9. The van der Waals surface area contributed by atoms with Crippen molar-refractivity contribution in [3.63, 3.8) is 0 Å². The van der Waals surface area contributed by atoms with Gasteiger partial charge >= 0.3 is 21.2 Å². The summed E-state index contributed by atoms with van der Waals surface area (Å²) in [6.45, 7) is 12.1. The Kier molecular flexibility index (Phi) is 9.92. The Bertz CT molecular complexity index is 1050. The van der Waals surface area contributed by atoms with Crippen LogP contribution in [0.1, 0.15) is 76.0 Å². The third-order valence-corrected chi connectivity index (χ3v) is 8.59. The molecule has 172 valence electrons. The maximum atomic E-state index is 11.5. The molecule has 3 aromatic carbocycles. The van der Waals surface area contributed by atoms with Crippen molar-refractivity contribution in [1.82, 2.24) is 0 Å². The van der Waals surface area contributed by atoms with Gasteiger partial charge in [-0.25, -0.2) is 8.42 Å². The standard InChI is InChI=1S/C15H24O3S.C12H10I/c1-9(2)12-7-8-13(19(16,17)18)15(11(5)6)14(12)10(3)4;1-3-7-11(8-4-1)13-12-9-5-2-6-10-12/h7-11H,1-6H3,(H,16,17,18);1-10H/q;+1/p-1. The second kappa shape index (κ2) is 12.0. The van der Waals surface area contributed by atoms with Crippen LogP contribution in [0.3, 0.4) is 0 Å². The minimum atomic E-state index is -4.43. The van der Waals surface area contributed by atoms with Gasteiger partial charge in [0.2, 0.25) is 0 Å². The van der Waals surface area contributed by atoms with E-state index in [9.17, 15) is 13.0 Å². The molecule has 0 aromatic heterocycles. The van der Waals surface area contributed by atoms with Crippen LogP contribution in [0.4, 0.5) is 0 Å². The molecule has 0 heterocycles. The molecule has 0 bridgehead atoms. The molecule has 0 aliphatic rings. The van der Waals surface area contributed by atoms with Crippen molar-refractivity contribution >= 4 is 10.1 Å². The number of halogens is 1. The molecule has 0 radical (unpaired) electrons. The normalized spacial score (nSPS) is 11.6. The van der Waals surface area contributed by atoms with E-state index in [4.69, 9.17) is 0 Å². The Morgan fingerprint density at radius 1 is 0.625 bits per heavy atom. The van der Waals surface area contributed by atoms with Crippen molar-refractivity contribution < 1.29 is 34.2 Å². The summed E-state index contributed by atoms with van der Waals surface area (Å²) in [7, 11) is -4.43. The lowest BCUT2D eigenvalue weighted by molar-refractivity contribution is -0.597. The zero-order valence-corrected chi connectivity index (χ0v) is 22.6. The van der Waals surface area contributed by atoms with Gasteiger partial charge in [-0.05, 0) is 64.8 Å². The third-order valence-electron chi connectivity index (χ3n) is 5.01. The van der Waals surface area contributed by atoms with Crippen molar-refractivity contribution in [1.29, 1.82) is 0 Å². The van der Waals surface area contributed by atoms with Crippen molar-refractivity contribution in [2.24, 2.45) is 0 Å². The number of benzene rings is 3. The van der Waals surface area contributed by atoms with Gasteiger partial charge in [-0.15, -0.1) is 0 Å². The van der Waals surface area contributed by atoms with Crippen LogP contribution in [0.25, 0.3) is 0 Å². The molecule has 3 aromatic rings. The predicted octanol–water partition coefficient (Wildman–Crippen LogP) is 3.78. The SMILES string of the molecule is CC(C)c1ccc(S(=O)(=O)[O-])c(C(C)C)c1C(C)C.c1ccc([I+]c2ccccc2)cc1. The molecule has 0 unspecified atom stereocenters. The van der Waals surface area contributed by atoms with Crippen molar-refractivity contribution in [3.8, 4) is 0 Å². The van der Waals surface area contributed by atoms with E-state index in [1.54, 1.807) is 6.07 Å². The van der Waals surface area contributed by atoms with E-state index in [1.165, 1.54) is 13.2 Å². The fraction of sp³-hybridized carbons (Fsp3) is 0.333. The molecule has 5 heteroatoms. The Hall–Kier alpha value is -1.70. The van der Waals surface area contributed by atoms with Gasteiger partial charge in [-0.2, -0.15) is 0 Å². The van der Waals surface area contributed by atoms with Crippen LogP contribution in [0.15, 0.2) is 77.7 Å². The molecule has 0 N–H and O–H groups in total. The highest BCUT2D eigenvalue weighted by molar-refractivity contribution is 7.85. The van der Waals surface area contributed by atoms with E-state index in [-0.39, 0.29) is 37.9 Å². The lowest BCUT2D eigenvalue weighted by Crippen LogP contribution is -3.61. The van der Waals surface area contributed by atoms with Gasteiger partial charge in [0.05, 0.1) is 4.90 Å². The molecule has 0 fully saturated rings. The lowest BCUT2D eigenvalue weighted by Gasteiger charge is -2.26. The van der Waals surface area contributed by atoms with Gasteiger partial charge in [0.1, 0.15) is 10.1 Å². The second-order valence-electron chi connectivity index (χ2n) is 8.58. The van der Waals surface area contributed by atoms with Crippen LogP contribution in [-0.2, 0) is 10.1 Å². The maximum absolute atomic E-state index is 11.5. The first kappa shape index (κ1) is 26.6. The Morgan fingerprint density at radius 2 is 1.06 bits per heavy atom. The average molecular weight is 565 g/mol. The monoisotopic (exact) mass is 564 g/mol. The molecule has 0 spiro atoms. The van der Waals surface area contributed by atoms with Crippen LogP contribution < -0.4 is 21.2 Å². The molecule has 3 nitrogen and oxygen atoms in total. The second-order valence-corrected chi connectivity index (χ2v) is 13.0. The van der Waals surface area contributed by atoms with Gasteiger partial charge in [-0.3, -0.25) is 0 Å². The molecule has 0 saturated carbocycles. The highest BCUT2D eigenvalue weighted by Gasteiger charge is 2.22. The van der Waals surface area contributed by atoms with Gasteiger partial charge in [-0.1, -0.05) is 84.0 Å². The van der Waals surface area contributed by atoms with Crippen LogP contribution in [0.5, 0.6) is 0 Å². The molecule has 0 saturated heterocycles. The molecule has 0 atom stereocenters. The maximum Gasteiger partial charge on any atom is 0.357 e. The highest BCUT2D eigenvalue weighted by Crippen LogP contribution is 2.37. The summed E-state index contributed by atoms with van der Waals surface area (Å²) in [5.41, 5.74) is 2.84. The van der Waals surface area contributed by atoms with Gasteiger partial charge in [0, 0.05) is 0 Å². The summed E-state index contributed by atoms with van der Waals surface area (Å²) in [6, 6.07) is 24.7. The van der Waals surface area contributed by atoms with Crippen molar-refractivity contribution in [2.75, 3.05) is 0 Å². The summed E-state index contributed by atoms with van der Waals surface area (Å²) in [4.78, 5) is -0.0596. The number of hydrogen-bond acceptors (Lipinski definition) is 3. The predicted molar refractivity (Wildman–Crippen MR) is 127 cm³/mol. The first-order valence-electron chi connectivity index (χ1n) is 10.9. The topological polar surface area (TPSA) is 57.2 Å². The molecular formula is C27H33IO3S. The van der Waals surface area contributed by atoms with Crippen LogP contribution >= 0.6 is 0 Å². The van der Waals surface area contributed by atoms with Crippen LogP contribution in [0, 0.1) is 7.14 Å².